The third-order valence-corrected chi connectivity index (χ3v) is 5.56. The SMILES string of the molecule is COc1nccnc1-c1ccc2c(c1)CN(C)CC2c1ccc2[nH]ccc2c1. The summed E-state index contributed by atoms with van der Waals surface area (Å²) in [6.45, 7) is 1.94. The van der Waals surface area contributed by atoms with E-state index in [2.05, 4.69) is 69.4 Å². The molecule has 28 heavy (non-hydrogen) atoms. The van der Waals surface area contributed by atoms with Crippen LogP contribution in [0.5, 0.6) is 5.88 Å². The Kier molecular flexibility index (Phi) is 4.10. The van der Waals surface area contributed by atoms with E-state index in [0.29, 0.717) is 11.8 Å². The molecule has 1 atom stereocenters. The molecule has 0 aliphatic carbocycles. The molecule has 0 fully saturated rings. The third kappa shape index (κ3) is 2.84. The van der Waals surface area contributed by atoms with Crippen molar-refractivity contribution in [3.63, 3.8) is 0 Å². The van der Waals surface area contributed by atoms with Crippen molar-refractivity contribution in [1.29, 1.82) is 0 Å². The molecule has 5 heteroatoms. The van der Waals surface area contributed by atoms with Gasteiger partial charge in [-0.25, -0.2) is 9.97 Å². The van der Waals surface area contributed by atoms with Gasteiger partial charge in [0, 0.05) is 48.7 Å². The number of nitrogens with one attached hydrogen (secondary N) is 1. The number of benzene rings is 2. The maximum Gasteiger partial charge on any atom is 0.240 e. The maximum atomic E-state index is 5.40. The lowest BCUT2D eigenvalue weighted by Crippen LogP contribution is -2.31. The van der Waals surface area contributed by atoms with Gasteiger partial charge in [-0.3, -0.25) is 0 Å². The lowest BCUT2D eigenvalue weighted by atomic mass is 9.83. The van der Waals surface area contributed by atoms with E-state index in [1.165, 1.54) is 27.6 Å². The normalized spacial score (nSPS) is 16.9. The molecule has 1 aliphatic rings. The molecule has 1 aliphatic heterocycles. The molecule has 1 unspecified atom stereocenters. The average molecular weight is 370 g/mol. The van der Waals surface area contributed by atoms with Crippen molar-refractivity contribution in [2.24, 2.45) is 0 Å². The quantitative estimate of drug-likeness (QED) is 0.587. The van der Waals surface area contributed by atoms with E-state index >= 15 is 0 Å². The highest BCUT2D eigenvalue weighted by atomic mass is 16.5. The molecule has 3 heterocycles. The van der Waals surface area contributed by atoms with Gasteiger partial charge in [0.2, 0.25) is 5.88 Å². The Morgan fingerprint density at radius 3 is 2.86 bits per heavy atom. The number of fused-ring (bicyclic) bond motifs is 2. The highest BCUT2D eigenvalue weighted by Gasteiger charge is 2.26. The van der Waals surface area contributed by atoms with Crippen molar-refractivity contribution < 1.29 is 4.74 Å². The minimum Gasteiger partial charge on any atom is -0.479 e. The van der Waals surface area contributed by atoms with Crippen LogP contribution in [0.4, 0.5) is 0 Å². The number of ether oxygens (including phenoxy) is 1. The Balaban J connectivity index is 1.59. The third-order valence-electron chi connectivity index (χ3n) is 5.56. The number of H-pyrrole nitrogens is 1. The monoisotopic (exact) mass is 370 g/mol. The molecule has 0 bridgehead atoms. The molecular weight excluding hydrogens is 348 g/mol. The molecule has 0 spiro atoms. The Morgan fingerprint density at radius 2 is 1.96 bits per heavy atom. The highest BCUT2D eigenvalue weighted by molar-refractivity contribution is 5.80. The Bertz CT molecular complexity index is 1150. The fraction of sp³-hybridized carbons (Fsp3) is 0.217. The molecule has 5 rings (SSSR count). The Morgan fingerprint density at radius 1 is 1.07 bits per heavy atom. The van der Waals surface area contributed by atoms with Gasteiger partial charge in [0.25, 0.3) is 0 Å². The Hall–Kier alpha value is -3.18. The first-order valence-electron chi connectivity index (χ1n) is 9.46. The van der Waals surface area contributed by atoms with Crippen molar-refractivity contribution in [2.75, 3.05) is 20.7 Å². The van der Waals surface area contributed by atoms with Gasteiger partial charge in [0.15, 0.2) is 0 Å². The first kappa shape index (κ1) is 17.0. The molecule has 0 saturated heterocycles. The summed E-state index contributed by atoms with van der Waals surface area (Å²) in [7, 11) is 3.81. The van der Waals surface area contributed by atoms with E-state index in [-0.39, 0.29) is 0 Å². The van der Waals surface area contributed by atoms with Crippen LogP contribution in [0.1, 0.15) is 22.6 Å². The van der Waals surface area contributed by atoms with Crippen molar-refractivity contribution in [1.82, 2.24) is 19.9 Å². The largest absolute Gasteiger partial charge is 0.479 e. The van der Waals surface area contributed by atoms with Crippen LogP contribution < -0.4 is 4.74 Å². The number of methoxy groups -OCH3 is 1. The first-order valence-corrected chi connectivity index (χ1v) is 9.46. The zero-order valence-corrected chi connectivity index (χ0v) is 16.0. The van der Waals surface area contributed by atoms with Gasteiger partial charge < -0.3 is 14.6 Å². The molecule has 0 saturated carbocycles. The molecule has 1 N–H and O–H groups in total. The summed E-state index contributed by atoms with van der Waals surface area (Å²) in [4.78, 5) is 14.4. The average Bonchev–Trinajstić information content (AvgIpc) is 3.20. The van der Waals surface area contributed by atoms with Crippen LogP contribution in [0.3, 0.4) is 0 Å². The van der Waals surface area contributed by atoms with E-state index in [4.69, 9.17) is 4.74 Å². The zero-order valence-electron chi connectivity index (χ0n) is 16.0. The van der Waals surface area contributed by atoms with Gasteiger partial charge in [0.1, 0.15) is 5.69 Å². The van der Waals surface area contributed by atoms with Gasteiger partial charge in [0.05, 0.1) is 7.11 Å². The van der Waals surface area contributed by atoms with Crippen LogP contribution in [0.25, 0.3) is 22.2 Å². The van der Waals surface area contributed by atoms with E-state index < -0.39 is 0 Å². The number of likely N-dealkylation sites (N-methyl/N-ethyl adjacent to an activating group) is 1. The summed E-state index contributed by atoms with van der Waals surface area (Å²) in [5, 5.41) is 1.26. The lowest BCUT2D eigenvalue weighted by Gasteiger charge is -2.33. The fourth-order valence-corrected chi connectivity index (χ4v) is 4.24. The topological polar surface area (TPSA) is 54.0 Å². The summed E-state index contributed by atoms with van der Waals surface area (Å²) in [5.74, 6) is 0.909. The second-order valence-corrected chi connectivity index (χ2v) is 7.40. The van der Waals surface area contributed by atoms with Gasteiger partial charge in [-0.15, -0.1) is 0 Å². The zero-order chi connectivity index (χ0) is 19.1. The van der Waals surface area contributed by atoms with Gasteiger partial charge in [-0.2, -0.15) is 0 Å². The molecule has 2 aromatic carbocycles. The predicted octanol–water partition coefficient (Wildman–Crippen LogP) is 4.21. The minimum absolute atomic E-state index is 0.353. The molecule has 0 radical (unpaired) electrons. The first-order chi connectivity index (χ1) is 13.7. The summed E-state index contributed by atoms with van der Waals surface area (Å²) < 4.78 is 5.40. The summed E-state index contributed by atoms with van der Waals surface area (Å²) in [5.41, 5.74) is 7.07. The Labute approximate surface area is 164 Å². The summed E-state index contributed by atoms with van der Waals surface area (Å²) in [6, 6.07) is 15.5. The van der Waals surface area contributed by atoms with Crippen LogP contribution in [0, 0.1) is 0 Å². The summed E-state index contributed by atoms with van der Waals surface area (Å²) in [6.07, 6.45) is 5.36. The van der Waals surface area contributed by atoms with E-state index in [1.54, 1.807) is 19.5 Å². The van der Waals surface area contributed by atoms with E-state index in [1.807, 2.05) is 6.20 Å². The molecule has 2 aromatic heterocycles. The van der Waals surface area contributed by atoms with Crippen molar-refractivity contribution in [2.45, 2.75) is 12.5 Å². The van der Waals surface area contributed by atoms with E-state index in [9.17, 15) is 0 Å². The van der Waals surface area contributed by atoms with Gasteiger partial charge in [-0.05, 0) is 53.4 Å². The van der Waals surface area contributed by atoms with Crippen molar-refractivity contribution in [3.8, 4) is 17.1 Å². The van der Waals surface area contributed by atoms with Crippen LogP contribution >= 0.6 is 0 Å². The van der Waals surface area contributed by atoms with Gasteiger partial charge in [-0.1, -0.05) is 18.2 Å². The number of aromatic nitrogens is 3. The van der Waals surface area contributed by atoms with Crippen molar-refractivity contribution in [3.05, 3.63) is 77.7 Å². The van der Waals surface area contributed by atoms with Crippen LogP contribution in [0.2, 0.25) is 0 Å². The van der Waals surface area contributed by atoms with Gasteiger partial charge >= 0.3 is 0 Å². The number of aromatic amines is 1. The van der Waals surface area contributed by atoms with Crippen molar-refractivity contribution >= 4 is 10.9 Å². The predicted molar refractivity (Wildman–Crippen MR) is 110 cm³/mol. The standard InChI is InChI=1S/C23H22N4O/c1-27-13-18-12-17(22-23(28-2)26-10-9-25-22)3-5-19(18)20(14-27)15-4-6-21-16(11-15)7-8-24-21/h3-12,20,24H,13-14H2,1-2H3. The fourth-order valence-electron chi connectivity index (χ4n) is 4.24. The van der Waals surface area contributed by atoms with E-state index in [0.717, 1.165) is 24.3 Å². The second-order valence-electron chi connectivity index (χ2n) is 7.40. The molecule has 0 amide bonds. The molecular formula is C23H22N4O. The minimum atomic E-state index is 0.353. The number of hydrogen-bond donors (Lipinski definition) is 1. The highest BCUT2D eigenvalue weighted by Crippen LogP contribution is 2.37. The number of hydrogen-bond acceptors (Lipinski definition) is 4. The smallest absolute Gasteiger partial charge is 0.240 e. The van der Waals surface area contributed by atoms with Crippen LogP contribution in [-0.4, -0.2) is 40.6 Å². The number of nitrogens with zero attached hydrogens (tertiary/aromatic N) is 3. The van der Waals surface area contributed by atoms with Crippen LogP contribution in [-0.2, 0) is 6.54 Å². The molecule has 5 nitrogen and oxygen atoms in total. The molecule has 4 aromatic rings. The lowest BCUT2D eigenvalue weighted by molar-refractivity contribution is 0.295. The second kappa shape index (κ2) is 6.77. The van der Waals surface area contributed by atoms with Crippen LogP contribution in [0.15, 0.2) is 61.1 Å². The number of rotatable bonds is 3. The summed E-state index contributed by atoms with van der Waals surface area (Å²) >= 11 is 0. The maximum absolute atomic E-state index is 5.40. The molecule has 140 valence electrons.